The molecule has 0 aliphatic rings. The molecule has 0 aliphatic heterocycles. The minimum atomic E-state index is -0.595. The molecule has 84 valence electrons. The van der Waals surface area contributed by atoms with E-state index in [-0.39, 0.29) is 12.4 Å². The number of hydrogen-bond acceptors (Lipinski definition) is 5. The molecule has 6 heteroatoms. The van der Waals surface area contributed by atoms with Gasteiger partial charge in [-0.1, -0.05) is 0 Å². The SMILES string of the molecule is CC(C)(C#N)COc1ccc([N+](=O)[O-])nc1. The van der Waals surface area contributed by atoms with Crippen LogP contribution in [0.15, 0.2) is 18.3 Å². The third-order valence-corrected chi connectivity index (χ3v) is 1.81. The van der Waals surface area contributed by atoms with E-state index in [1.165, 1.54) is 18.3 Å². The average Bonchev–Trinajstić information content (AvgIpc) is 2.27. The van der Waals surface area contributed by atoms with Gasteiger partial charge in [0.2, 0.25) is 0 Å². The zero-order chi connectivity index (χ0) is 12.2. The van der Waals surface area contributed by atoms with Crippen LogP contribution in [0.4, 0.5) is 5.82 Å². The number of nitrogens with zero attached hydrogens (tertiary/aromatic N) is 3. The summed E-state index contributed by atoms with van der Waals surface area (Å²) in [5.41, 5.74) is -0.595. The fourth-order valence-corrected chi connectivity index (χ4v) is 0.862. The number of ether oxygens (including phenoxy) is 1. The van der Waals surface area contributed by atoms with E-state index in [0.717, 1.165) is 0 Å². The predicted molar refractivity (Wildman–Crippen MR) is 55.8 cm³/mol. The van der Waals surface area contributed by atoms with Gasteiger partial charge in [-0.3, -0.25) is 0 Å². The Morgan fingerprint density at radius 3 is 2.75 bits per heavy atom. The van der Waals surface area contributed by atoms with Gasteiger partial charge in [0.05, 0.1) is 11.5 Å². The van der Waals surface area contributed by atoms with Crippen LogP contribution in [0.3, 0.4) is 0 Å². The van der Waals surface area contributed by atoms with E-state index in [1.54, 1.807) is 13.8 Å². The van der Waals surface area contributed by atoms with Crippen molar-refractivity contribution in [3.8, 4) is 11.8 Å². The molecule has 16 heavy (non-hydrogen) atoms. The van der Waals surface area contributed by atoms with Gasteiger partial charge >= 0.3 is 5.82 Å². The standard InChI is InChI=1S/C10H11N3O3/c1-10(2,6-11)7-16-8-3-4-9(12-5-8)13(14)15/h3-5H,7H2,1-2H3. The maximum absolute atomic E-state index is 10.3. The number of rotatable bonds is 4. The van der Waals surface area contributed by atoms with Crippen molar-refractivity contribution in [2.24, 2.45) is 5.41 Å². The quantitative estimate of drug-likeness (QED) is 0.572. The Morgan fingerprint density at radius 2 is 2.31 bits per heavy atom. The lowest BCUT2D eigenvalue weighted by Crippen LogP contribution is -2.19. The first kappa shape index (κ1) is 11.9. The van der Waals surface area contributed by atoms with Crippen molar-refractivity contribution in [2.75, 3.05) is 6.61 Å². The maximum atomic E-state index is 10.3. The van der Waals surface area contributed by atoms with Crippen LogP contribution in [0.5, 0.6) is 5.75 Å². The number of hydrogen-bond donors (Lipinski definition) is 0. The molecule has 0 amide bonds. The van der Waals surface area contributed by atoms with E-state index >= 15 is 0 Å². The highest BCUT2D eigenvalue weighted by atomic mass is 16.6. The van der Waals surface area contributed by atoms with E-state index in [0.29, 0.717) is 5.75 Å². The number of nitro groups is 1. The largest absolute Gasteiger partial charge is 0.488 e. The highest BCUT2D eigenvalue weighted by molar-refractivity contribution is 5.26. The Hall–Kier alpha value is -2.16. The second-order valence-corrected chi connectivity index (χ2v) is 3.89. The zero-order valence-electron chi connectivity index (χ0n) is 9.01. The summed E-state index contributed by atoms with van der Waals surface area (Å²) in [6.07, 6.45) is 1.27. The summed E-state index contributed by atoms with van der Waals surface area (Å²) < 4.78 is 5.29. The average molecular weight is 221 g/mol. The minimum absolute atomic E-state index is 0.211. The van der Waals surface area contributed by atoms with E-state index < -0.39 is 10.3 Å². The van der Waals surface area contributed by atoms with Gasteiger partial charge in [0.15, 0.2) is 11.9 Å². The maximum Gasteiger partial charge on any atom is 0.363 e. The molecule has 0 fully saturated rings. The molecule has 1 rings (SSSR count). The van der Waals surface area contributed by atoms with Crippen molar-refractivity contribution in [1.29, 1.82) is 5.26 Å². The topological polar surface area (TPSA) is 89.0 Å². The molecule has 0 atom stereocenters. The van der Waals surface area contributed by atoms with Crippen LogP contribution in [0.25, 0.3) is 0 Å². The van der Waals surface area contributed by atoms with E-state index in [1.807, 2.05) is 0 Å². The molecule has 0 spiro atoms. The van der Waals surface area contributed by atoms with Gasteiger partial charge < -0.3 is 14.9 Å². The Balaban J connectivity index is 2.64. The lowest BCUT2D eigenvalue weighted by molar-refractivity contribution is -0.389. The molecular formula is C10H11N3O3. The summed E-state index contributed by atoms with van der Waals surface area (Å²) in [7, 11) is 0. The number of pyridine rings is 1. The Kier molecular flexibility index (Phi) is 3.40. The van der Waals surface area contributed by atoms with Gasteiger partial charge in [0.1, 0.15) is 6.61 Å². The molecular weight excluding hydrogens is 210 g/mol. The number of nitriles is 1. The second kappa shape index (κ2) is 4.57. The normalized spacial score (nSPS) is 10.6. The molecule has 0 aromatic carbocycles. The van der Waals surface area contributed by atoms with Crippen LogP contribution in [-0.4, -0.2) is 16.5 Å². The van der Waals surface area contributed by atoms with Gasteiger partial charge in [-0.25, -0.2) is 0 Å². The van der Waals surface area contributed by atoms with E-state index in [9.17, 15) is 10.1 Å². The van der Waals surface area contributed by atoms with Gasteiger partial charge in [-0.2, -0.15) is 5.26 Å². The molecule has 1 aromatic rings. The van der Waals surface area contributed by atoms with Crippen LogP contribution in [0, 0.1) is 26.9 Å². The van der Waals surface area contributed by atoms with Gasteiger partial charge in [-0.15, -0.1) is 0 Å². The third kappa shape index (κ3) is 3.20. The monoisotopic (exact) mass is 221 g/mol. The Morgan fingerprint density at radius 1 is 1.62 bits per heavy atom. The van der Waals surface area contributed by atoms with E-state index in [4.69, 9.17) is 10.00 Å². The summed E-state index contributed by atoms with van der Waals surface area (Å²) in [6, 6.07) is 4.80. The molecule has 0 aliphatic carbocycles. The molecule has 0 radical (unpaired) electrons. The minimum Gasteiger partial charge on any atom is -0.488 e. The fourth-order valence-electron chi connectivity index (χ4n) is 0.862. The lowest BCUT2D eigenvalue weighted by Gasteiger charge is -2.14. The second-order valence-electron chi connectivity index (χ2n) is 3.89. The van der Waals surface area contributed by atoms with Crippen molar-refractivity contribution in [3.05, 3.63) is 28.4 Å². The van der Waals surface area contributed by atoms with Crippen LogP contribution in [0.2, 0.25) is 0 Å². The van der Waals surface area contributed by atoms with Crippen molar-refractivity contribution >= 4 is 5.82 Å². The van der Waals surface area contributed by atoms with Gasteiger partial charge in [0, 0.05) is 6.07 Å². The summed E-state index contributed by atoms with van der Waals surface area (Å²) in [6.45, 7) is 3.70. The molecule has 0 saturated heterocycles. The summed E-state index contributed by atoms with van der Waals surface area (Å²) in [4.78, 5) is 13.4. The highest BCUT2D eigenvalue weighted by Crippen LogP contribution is 2.18. The molecule has 0 unspecified atom stereocenters. The van der Waals surface area contributed by atoms with Crippen molar-refractivity contribution in [2.45, 2.75) is 13.8 Å². The lowest BCUT2D eigenvalue weighted by atomic mass is 9.98. The fraction of sp³-hybridized carbons (Fsp3) is 0.400. The highest BCUT2D eigenvalue weighted by Gasteiger charge is 2.18. The van der Waals surface area contributed by atoms with Crippen LogP contribution in [-0.2, 0) is 0 Å². The third-order valence-electron chi connectivity index (χ3n) is 1.81. The van der Waals surface area contributed by atoms with Crippen molar-refractivity contribution < 1.29 is 9.66 Å². The van der Waals surface area contributed by atoms with Gasteiger partial charge in [-0.05, 0) is 29.8 Å². The van der Waals surface area contributed by atoms with Crippen LogP contribution < -0.4 is 4.74 Å². The molecule has 0 saturated carbocycles. The molecule has 1 heterocycles. The first-order chi connectivity index (χ1) is 7.44. The summed E-state index contributed by atoms with van der Waals surface area (Å²) >= 11 is 0. The molecule has 6 nitrogen and oxygen atoms in total. The molecule has 1 aromatic heterocycles. The van der Waals surface area contributed by atoms with Crippen molar-refractivity contribution in [3.63, 3.8) is 0 Å². The predicted octanol–water partition coefficient (Wildman–Crippen LogP) is 1.92. The van der Waals surface area contributed by atoms with Crippen LogP contribution >= 0.6 is 0 Å². The first-order valence-corrected chi connectivity index (χ1v) is 4.59. The summed E-state index contributed by atoms with van der Waals surface area (Å²) in [5, 5.41) is 19.1. The Labute approximate surface area is 92.6 Å². The Bertz CT molecular complexity index is 420. The molecule has 0 bridgehead atoms. The number of aromatic nitrogens is 1. The van der Waals surface area contributed by atoms with E-state index in [2.05, 4.69) is 11.1 Å². The van der Waals surface area contributed by atoms with Crippen LogP contribution in [0.1, 0.15) is 13.8 Å². The first-order valence-electron chi connectivity index (χ1n) is 4.59. The zero-order valence-corrected chi connectivity index (χ0v) is 9.01. The van der Waals surface area contributed by atoms with Gasteiger partial charge in [0.25, 0.3) is 0 Å². The van der Waals surface area contributed by atoms with Crippen molar-refractivity contribution in [1.82, 2.24) is 4.98 Å². The summed E-state index contributed by atoms with van der Waals surface area (Å²) in [5.74, 6) is 0.181. The smallest absolute Gasteiger partial charge is 0.363 e. The molecule has 0 N–H and O–H groups in total.